The van der Waals surface area contributed by atoms with Crippen molar-refractivity contribution < 1.29 is 12.8 Å². The maximum absolute atomic E-state index is 13.1. The summed E-state index contributed by atoms with van der Waals surface area (Å²) in [6.45, 7) is 6.38. The Morgan fingerprint density at radius 1 is 1.11 bits per heavy atom. The van der Waals surface area contributed by atoms with Crippen molar-refractivity contribution in [1.29, 1.82) is 0 Å². The van der Waals surface area contributed by atoms with Crippen LogP contribution in [0.4, 0.5) is 0 Å². The third-order valence-electron chi connectivity index (χ3n) is 4.75. The van der Waals surface area contributed by atoms with E-state index in [9.17, 15) is 8.42 Å². The normalized spacial score (nSPS) is 16.9. The summed E-state index contributed by atoms with van der Waals surface area (Å²) in [4.78, 5) is 9.12. The van der Waals surface area contributed by atoms with Crippen molar-refractivity contribution in [3.63, 3.8) is 0 Å². The summed E-state index contributed by atoms with van der Waals surface area (Å²) in [5, 5.41) is 0. The monoisotopic (exact) mass is 383 g/mol. The number of hydrogen-bond acceptors (Lipinski definition) is 5. The summed E-state index contributed by atoms with van der Waals surface area (Å²) in [7, 11) is -3.61. The van der Waals surface area contributed by atoms with Crippen molar-refractivity contribution in [2.24, 2.45) is 0 Å². The predicted octanol–water partition coefficient (Wildman–Crippen LogP) is 3.53. The van der Waals surface area contributed by atoms with E-state index >= 15 is 0 Å². The maximum Gasteiger partial charge on any atom is 0.245 e. The topological polar surface area (TPSA) is 76.3 Å². The standard InChI is InChI=1S/C20H21N3O3S/c1-14-7-9-15(10-8-14)27(24,25)23-12-17-18(20(2,3)13-23)26-19(22-17)16-6-4-5-11-21-16/h4-11H,12-13H2,1-3H3. The summed E-state index contributed by atoms with van der Waals surface area (Å²) in [5.74, 6) is 1.14. The first-order valence-corrected chi connectivity index (χ1v) is 10.2. The van der Waals surface area contributed by atoms with Crippen molar-refractivity contribution >= 4 is 10.0 Å². The third kappa shape index (κ3) is 3.17. The molecular weight excluding hydrogens is 362 g/mol. The molecule has 0 saturated heterocycles. The molecule has 0 N–H and O–H groups in total. The summed E-state index contributed by atoms with van der Waals surface area (Å²) in [6.07, 6.45) is 1.68. The van der Waals surface area contributed by atoms with Crippen LogP contribution >= 0.6 is 0 Å². The van der Waals surface area contributed by atoms with Gasteiger partial charge in [0, 0.05) is 18.2 Å². The zero-order valence-corrected chi connectivity index (χ0v) is 16.3. The lowest BCUT2D eigenvalue weighted by Gasteiger charge is -2.35. The molecule has 27 heavy (non-hydrogen) atoms. The summed E-state index contributed by atoms with van der Waals surface area (Å²) in [5.41, 5.74) is 1.80. The second kappa shape index (κ2) is 6.28. The van der Waals surface area contributed by atoms with Crippen LogP contribution in [0.25, 0.3) is 11.6 Å². The number of sulfonamides is 1. The molecule has 6 nitrogen and oxygen atoms in total. The van der Waals surface area contributed by atoms with Crippen molar-refractivity contribution in [3.05, 3.63) is 65.7 Å². The van der Waals surface area contributed by atoms with Crippen LogP contribution < -0.4 is 0 Å². The number of rotatable bonds is 3. The van der Waals surface area contributed by atoms with Gasteiger partial charge in [0.1, 0.15) is 11.5 Å². The number of fused-ring (bicyclic) bond motifs is 1. The molecule has 0 atom stereocenters. The highest BCUT2D eigenvalue weighted by Gasteiger charge is 2.41. The number of aromatic nitrogens is 2. The molecule has 0 radical (unpaired) electrons. The molecule has 1 aliphatic rings. The van der Waals surface area contributed by atoms with E-state index in [2.05, 4.69) is 9.97 Å². The van der Waals surface area contributed by atoms with Gasteiger partial charge in [0.05, 0.1) is 17.1 Å². The second-order valence-electron chi connectivity index (χ2n) is 7.48. The fraction of sp³-hybridized carbons (Fsp3) is 0.300. The van der Waals surface area contributed by atoms with Gasteiger partial charge >= 0.3 is 0 Å². The number of oxazole rings is 1. The molecule has 140 valence electrons. The molecule has 0 fully saturated rings. The number of benzene rings is 1. The molecule has 4 rings (SSSR count). The summed E-state index contributed by atoms with van der Waals surface area (Å²) >= 11 is 0. The van der Waals surface area contributed by atoms with Crippen LogP contribution in [-0.4, -0.2) is 29.2 Å². The minimum atomic E-state index is -3.61. The minimum Gasteiger partial charge on any atom is -0.439 e. The van der Waals surface area contributed by atoms with Gasteiger partial charge < -0.3 is 4.42 Å². The van der Waals surface area contributed by atoms with Gasteiger partial charge in [-0.25, -0.2) is 13.4 Å². The van der Waals surface area contributed by atoms with Crippen LogP contribution in [0.3, 0.4) is 0 Å². The van der Waals surface area contributed by atoms with Gasteiger partial charge in [-0.05, 0) is 31.2 Å². The van der Waals surface area contributed by atoms with E-state index in [1.807, 2.05) is 51.1 Å². The maximum atomic E-state index is 13.1. The van der Waals surface area contributed by atoms with Crippen LogP contribution in [0.1, 0.15) is 30.9 Å². The van der Waals surface area contributed by atoms with Crippen LogP contribution in [-0.2, 0) is 22.0 Å². The average Bonchev–Trinajstić information content (AvgIpc) is 3.08. The highest BCUT2D eigenvalue weighted by Crippen LogP contribution is 2.38. The summed E-state index contributed by atoms with van der Waals surface area (Å²) < 4.78 is 33.7. The Bertz CT molecular complexity index is 1070. The Hall–Kier alpha value is -2.51. The average molecular weight is 383 g/mol. The fourth-order valence-electron chi connectivity index (χ4n) is 3.35. The highest BCUT2D eigenvalue weighted by atomic mass is 32.2. The molecule has 0 unspecified atom stereocenters. The molecule has 0 amide bonds. The quantitative estimate of drug-likeness (QED) is 0.692. The second-order valence-corrected chi connectivity index (χ2v) is 9.42. The first-order valence-electron chi connectivity index (χ1n) is 8.76. The Morgan fingerprint density at radius 3 is 2.52 bits per heavy atom. The molecule has 0 spiro atoms. The molecule has 3 heterocycles. The molecule has 1 aromatic carbocycles. The number of nitrogens with zero attached hydrogens (tertiary/aromatic N) is 3. The Labute approximate surface area is 158 Å². The highest BCUT2D eigenvalue weighted by molar-refractivity contribution is 7.89. The summed E-state index contributed by atoms with van der Waals surface area (Å²) in [6, 6.07) is 12.4. The lowest BCUT2D eigenvalue weighted by Crippen LogP contribution is -2.44. The van der Waals surface area contributed by atoms with Gasteiger partial charge in [0.25, 0.3) is 0 Å². The Kier molecular flexibility index (Phi) is 4.16. The lowest BCUT2D eigenvalue weighted by molar-refractivity contribution is 0.259. The Morgan fingerprint density at radius 2 is 1.85 bits per heavy atom. The van der Waals surface area contributed by atoms with E-state index in [0.29, 0.717) is 28.7 Å². The molecule has 1 aliphatic heterocycles. The van der Waals surface area contributed by atoms with E-state index in [0.717, 1.165) is 11.3 Å². The third-order valence-corrected chi connectivity index (χ3v) is 6.56. The molecular formula is C20H21N3O3S. The zero-order chi connectivity index (χ0) is 19.2. The van der Waals surface area contributed by atoms with Crippen LogP contribution in [0.5, 0.6) is 0 Å². The van der Waals surface area contributed by atoms with Crippen LogP contribution in [0, 0.1) is 6.92 Å². The van der Waals surface area contributed by atoms with Crippen LogP contribution in [0.15, 0.2) is 58.0 Å². The SMILES string of the molecule is Cc1ccc(S(=O)(=O)N2Cc3nc(-c4ccccn4)oc3C(C)(C)C2)cc1. The van der Waals surface area contributed by atoms with Crippen molar-refractivity contribution in [2.45, 2.75) is 37.6 Å². The molecule has 0 aliphatic carbocycles. The first kappa shape index (κ1) is 17.9. The van der Waals surface area contributed by atoms with Gasteiger partial charge in [-0.2, -0.15) is 4.31 Å². The molecule has 2 aromatic heterocycles. The van der Waals surface area contributed by atoms with Gasteiger partial charge in [-0.1, -0.05) is 37.6 Å². The van der Waals surface area contributed by atoms with Crippen molar-refractivity contribution in [3.8, 4) is 11.6 Å². The van der Waals surface area contributed by atoms with Gasteiger partial charge in [-0.15, -0.1) is 0 Å². The van der Waals surface area contributed by atoms with E-state index in [1.54, 1.807) is 18.3 Å². The van der Waals surface area contributed by atoms with E-state index in [-0.39, 0.29) is 6.54 Å². The predicted molar refractivity (Wildman–Crippen MR) is 102 cm³/mol. The van der Waals surface area contributed by atoms with Crippen LogP contribution in [0.2, 0.25) is 0 Å². The molecule has 3 aromatic rings. The minimum absolute atomic E-state index is 0.186. The van der Waals surface area contributed by atoms with Crippen molar-refractivity contribution in [2.75, 3.05) is 6.54 Å². The lowest BCUT2D eigenvalue weighted by atomic mass is 9.86. The number of aryl methyl sites for hydroxylation is 1. The fourth-order valence-corrected chi connectivity index (χ4v) is 4.91. The molecule has 0 saturated carbocycles. The number of pyridine rings is 1. The van der Waals surface area contributed by atoms with E-state index in [1.165, 1.54) is 4.31 Å². The molecule has 7 heteroatoms. The number of hydrogen-bond donors (Lipinski definition) is 0. The van der Waals surface area contributed by atoms with E-state index < -0.39 is 15.4 Å². The van der Waals surface area contributed by atoms with Crippen molar-refractivity contribution in [1.82, 2.24) is 14.3 Å². The molecule has 0 bridgehead atoms. The van der Waals surface area contributed by atoms with Gasteiger partial charge in [-0.3, -0.25) is 4.98 Å². The van der Waals surface area contributed by atoms with Gasteiger partial charge in [0.15, 0.2) is 0 Å². The van der Waals surface area contributed by atoms with Gasteiger partial charge in [0.2, 0.25) is 15.9 Å². The zero-order valence-electron chi connectivity index (χ0n) is 15.5. The first-order chi connectivity index (χ1) is 12.8. The largest absolute Gasteiger partial charge is 0.439 e. The van der Waals surface area contributed by atoms with E-state index in [4.69, 9.17) is 4.42 Å². The Balaban J connectivity index is 1.73. The smallest absolute Gasteiger partial charge is 0.245 e.